The zero-order chi connectivity index (χ0) is 16.9. The molecule has 24 heavy (non-hydrogen) atoms. The Hall–Kier alpha value is -1.79. The molecule has 2 fully saturated rings. The molecule has 6 heteroatoms. The Labute approximate surface area is 141 Å². The van der Waals surface area contributed by atoms with Crippen LogP contribution in [0.5, 0.6) is 0 Å². The molecule has 2 aliphatic rings. The third-order valence-electron chi connectivity index (χ3n) is 4.86. The minimum atomic E-state index is -3.11. The maximum absolute atomic E-state index is 14.5. The van der Waals surface area contributed by atoms with Crippen LogP contribution < -0.4 is 0 Å². The maximum atomic E-state index is 14.5. The number of alkyl halides is 2. The first kappa shape index (κ1) is 15.7. The van der Waals surface area contributed by atoms with E-state index < -0.39 is 17.9 Å². The van der Waals surface area contributed by atoms with E-state index in [1.807, 2.05) is 24.3 Å². The normalized spacial score (nSPS) is 30.2. The standard InChI is InChI=1S/C18H16F2O3S/c19-18(20,16-7-10-3-1-2-4-15(10)24-16)6-5-11-12-8-17(22)23-14(12)9-13(11)21/h1-7,11-14,21H,8-9H2/t11-,12-,13-,14+/m1/s1. The molecule has 0 unspecified atom stereocenters. The predicted octanol–water partition coefficient (Wildman–Crippen LogP) is 3.86. The number of esters is 1. The summed E-state index contributed by atoms with van der Waals surface area (Å²) in [6.07, 6.45) is 1.63. The summed E-state index contributed by atoms with van der Waals surface area (Å²) in [6, 6.07) is 8.76. The molecule has 0 radical (unpaired) electrons. The van der Waals surface area contributed by atoms with Gasteiger partial charge in [-0.05, 0) is 23.6 Å². The van der Waals surface area contributed by atoms with Crippen LogP contribution in [0.2, 0.25) is 0 Å². The summed E-state index contributed by atoms with van der Waals surface area (Å²) in [4.78, 5) is 11.3. The number of allylic oxidation sites excluding steroid dienone is 1. The number of fused-ring (bicyclic) bond motifs is 2. The Kier molecular flexibility index (Phi) is 3.69. The van der Waals surface area contributed by atoms with Gasteiger partial charge in [-0.1, -0.05) is 24.3 Å². The summed E-state index contributed by atoms with van der Waals surface area (Å²) < 4.78 is 35.0. The molecule has 1 aromatic carbocycles. The number of thiophene rings is 1. The van der Waals surface area contributed by atoms with E-state index >= 15 is 0 Å². The van der Waals surface area contributed by atoms with Crippen molar-refractivity contribution in [1.82, 2.24) is 0 Å². The summed E-state index contributed by atoms with van der Waals surface area (Å²) in [6.45, 7) is 0. The molecular weight excluding hydrogens is 334 g/mol. The van der Waals surface area contributed by atoms with Crippen LogP contribution in [0.15, 0.2) is 42.5 Å². The summed E-state index contributed by atoms with van der Waals surface area (Å²) >= 11 is 1.06. The fourth-order valence-corrected chi connectivity index (χ4v) is 4.67. The van der Waals surface area contributed by atoms with E-state index in [1.54, 1.807) is 0 Å². The summed E-state index contributed by atoms with van der Waals surface area (Å²) in [5, 5.41) is 10.9. The Morgan fingerprint density at radius 1 is 1.33 bits per heavy atom. The van der Waals surface area contributed by atoms with Gasteiger partial charge in [0.15, 0.2) is 0 Å². The van der Waals surface area contributed by atoms with Crippen molar-refractivity contribution in [2.75, 3.05) is 0 Å². The minimum Gasteiger partial charge on any atom is -0.462 e. The molecule has 0 bridgehead atoms. The third-order valence-corrected chi connectivity index (χ3v) is 6.06. The Bertz CT molecular complexity index is 780. The molecule has 2 aromatic rings. The van der Waals surface area contributed by atoms with Gasteiger partial charge in [0, 0.05) is 23.0 Å². The second-order valence-corrected chi connectivity index (χ2v) is 7.49. The highest BCUT2D eigenvalue weighted by atomic mass is 32.1. The van der Waals surface area contributed by atoms with E-state index in [4.69, 9.17) is 4.74 Å². The average Bonchev–Trinajstić information content (AvgIpc) is 3.18. The smallest absolute Gasteiger partial charge is 0.306 e. The van der Waals surface area contributed by atoms with Crippen LogP contribution in [0.1, 0.15) is 17.7 Å². The molecular formula is C18H16F2O3S. The SMILES string of the molecule is O=C1C[C@@H]2[C@@H](C=CC(F)(F)c3cc4ccccc4s3)[C@H](O)C[C@@H]2O1. The molecule has 1 saturated carbocycles. The highest BCUT2D eigenvalue weighted by Crippen LogP contribution is 2.44. The van der Waals surface area contributed by atoms with Gasteiger partial charge in [-0.2, -0.15) is 8.78 Å². The number of benzene rings is 1. The number of rotatable bonds is 3. The van der Waals surface area contributed by atoms with Crippen molar-refractivity contribution < 1.29 is 23.4 Å². The van der Waals surface area contributed by atoms with Gasteiger partial charge in [0.1, 0.15) is 6.10 Å². The van der Waals surface area contributed by atoms with Gasteiger partial charge in [-0.3, -0.25) is 4.79 Å². The van der Waals surface area contributed by atoms with E-state index in [-0.39, 0.29) is 29.3 Å². The van der Waals surface area contributed by atoms with E-state index in [1.165, 1.54) is 12.1 Å². The Morgan fingerprint density at radius 3 is 2.92 bits per heavy atom. The number of hydrogen-bond acceptors (Lipinski definition) is 4. The van der Waals surface area contributed by atoms with Crippen molar-refractivity contribution in [3.05, 3.63) is 47.4 Å². The van der Waals surface area contributed by atoms with Crippen LogP contribution in [0, 0.1) is 11.8 Å². The average molecular weight is 350 g/mol. The summed E-state index contributed by atoms with van der Waals surface area (Å²) in [5.41, 5.74) is 0. The van der Waals surface area contributed by atoms with E-state index in [9.17, 15) is 18.7 Å². The largest absolute Gasteiger partial charge is 0.462 e. The van der Waals surface area contributed by atoms with Gasteiger partial charge < -0.3 is 9.84 Å². The maximum Gasteiger partial charge on any atom is 0.306 e. The fourth-order valence-electron chi connectivity index (χ4n) is 3.65. The zero-order valence-electron chi connectivity index (χ0n) is 12.7. The van der Waals surface area contributed by atoms with Crippen molar-refractivity contribution in [1.29, 1.82) is 0 Å². The lowest BCUT2D eigenvalue weighted by Crippen LogP contribution is -2.19. The van der Waals surface area contributed by atoms with Crippen molar-refractivity contribution in [2.45, 2.75) is 31.0 Å². The molecule has 0 amide bonds. The molecule has 3 nitrogen and oxygen atoms in total. The van der Waals surface area contributed by atoms with Crippen LogP contribution in [-0.4, -0.2) is 23.3 Å². The number of aliphatic hydroxyl groups is 1. The van der Waals surface area contributed by atoms with Gasteiger partial charge in [-0.15, -0.1) is 11.3 Å². The molecule has 1 aliphatic carbocycles. The quantitative estimate of drug-likeness (QED) is 0.675. The first-order valence-electron chi connectivity index (χ1n) is 7.88. The lowest BCUT2D eigenvalue weighted by molar-refractivity contribution is -0.141. The highest BCUT2D eigenvalue weighted by Gasteiger charge is 2.49. The number of halogens is 2. The highest BCUT2D eigenvalue weighted by molar-refractivity contribution is 7.19. The number of carbonyl (C=O) groups excluding carboxylic acids is 1. The van der Waals surface area contributed by atoms with Crippen LogP contribution >= 0.6 is 11.3 Å². The lowest BCUT2D eigenvalue weighted by Gasteiger charge is -2.16. The predicted molar refractivity (Wildman–Crippen MR) is 87.0 cm³/mol. The first-order valence-corrected chi connectivity index (χ1v) is 8.69. The Balaban J connectivity index is 1.58. The fraction of sp³-hybridized carbons (Fsp3) is 0.389. The van der Waals surface area contributed by atoms with E-state index in [2.05, 4.69) is 0 Å². The molecule has 2 heterocycles. The van der Waals surface area contributed by atoms with Crippen LogP contribution in [0.3, 0.4) is 0 Å². The molecule has 4 atom stereocenters. The molecule has 4 rings (SSSR count). The zero-order valence-corrected chi connectivity index (χ0v) is 13.5. The van der Waals surface area contributed by atoms with Gasteiger partial charge in [-0.25, -0.2) is 0 Å². The first-order chi connectivity index (χ1) is 11.4. The van der Waals surface area contributed by atoms with Crippen molar-refractivity contribution in [3.63, 3.8) is 0 Å². The number of carbonyl (C=O) groups is 1. The van der Waals surface area contributed by atoms with Gasteiger partial charge >= 0.3 is 11.9 Å². The molecule has 1 aliphatic heterocycles. The lowest BCUT2D eigenvalue weighted by atomic mass is 9.91. The second kappa shape index (κ2) is 5.63. The molecule has 1 saturated heterocycles. The van der Waals surface area contributed by atoms with Gasteiger partial charge in [0.25, 0.3) is 0 Å². The van der Waals surface area contributed by atoms with Crippen LogP contribution in [0.4, 0.5) is 8.78 Å². The van der Waals surface area contributed by atoms with Crippen LogP contribution in [-0.2, 0) is 15.5 Å². The number of ether oxygens (including phenoxy) is 1. The van der Waals surface area contributed by atoms with Crippen molar-refractivity contribution >= 4 is 27.4 Å². The molecule has 0 spiro atoms. The summed E-state index contributed by atoms with van der Waals surface area (Å²) in [5.74, 6) is -4.10. The van der Waals surface area contributed by atoms with Crippen LogP contribution in [0.25, 0.3) is 10.1 Å². The molecule has 1 aromatic heterocycles. The minimum absolute atomic E-state index is 0.0252. The monoisotopic (exact) mass is 350 g/mol. The molecule has 1 N–H and O–H groups in total. The second-order valence-electron chi connectivity index (χ2n) is 6.41. The summed E-state index contributed by atoms with van der Waals surface area (Å²) in [7, 11) is 0. The van der Waals surface area contributed by atoms with Gasteiger partial charge in [0.2, 0.25) is 0 Å². The van der Waals surface area contributed by atoms with E-state index in [0.29, 0.717) is 6.42 Å². The van der Waals surface area contributed by atoms with Gasteiger partial charge in [0.05, 0.1) is 17.4 Å². The molecule has 126 valence electrons. The topological polar surface area (TPSA) is 46.5 Å². The number of hydrogen-bond donors (Lipinski definition) is 1. The number of aliphatic hydroxyl groups excluding tert-OH is 1. The Morgan fingerprint density at radius 2 is 2.12 bits per heavy atom. The van der Waals surface area contributed by atoms with E-state index in [0.717, 1.165) is 27.5 Å². The van der Waals surface area contributed by atoms with Crippen molar-refractivity contribution in [2.24, 2.45) is 11.8 Å². The van der Waals surface area contributed by atoms with Crippen molar-refractivity contribution in [3.8, 4) is 0 Å². The third kappa shape index (κ3) is 2.63.